The fourth-order valence-corrected chi connectivity index (χ4v) is 4.25. The quantitative estimate of drug-likeness (QED) is 0.502. The third-order valence-corrected chi connectivity index (χ3v) is 6.26. The largest absolute Gasteiger partial charge is 0.367 e. The van der Waals surface area contributed by atoms with E-state index in [-0.39, 0.29) is 28.4 Å². The number of urea groups is 1. The van der Waals surface area contributed by atoms with Crippen LogP contribution in [0.25, 0.3) is 0 Å². The molecule has 0 saturated heterocycles. The molecule has 2 rings (SSSR count). The Balaban J connectivity index is 2.29. The van der Waals surface area contributed by atoms with Crippen LogP contribution in [-0.4, -0.2) is 56.5 Å². The Morgan fingerprint density at radius 3 is 2.21 bits per heavy atom. The molecule has 182 valence electrons. The summed E-state index contributed by atoms with van der Waals surface area (Å²) in [6.07, 6.45) is 1.44. The van der Waals surface area contributed by atoms with E-state index in [0.29, 0.717) is 29.9 Å². The predicted molar refractivity (Wildman–Crippen MR) is 128 cm³/mol. The number of nitrogens with zero attached hydrogens (tertiary/aromatic N) is 3. The second-order valence-electron chi connectivity index (χ2n) is 8.70. The molecular weight excluding hydrogens is 447 g/mol. The van der Waals surface area contributed by atoms with Crippen LogP contribution in [0.4, 0.5) is 20.7 Å². The lowest BCUT2D eigenvalue weighted by molar-refractivity contribution is 0.256. The minimum absolute atomic E-state index is 0.0943. The highest BCUT2D eigenvalue weighted by atomic mass is 32.2. The molecule has 0 fully saturated rings. The van der Waals surface area contributed by atoms with Crippen molar-refractivity contribution in [2.45, 2.75) is 51.5 Å². The molecule has 33 heavy (non-hydrogen) atoms. The predicted octanol–water partition coefficient (Wildman–Crippen LogP) is 3.65. The highest BCUT2D eigenvalue weighted by molar-refractivity contribution is 7.90. The van der Waals surface area contributed by atoms with Crippen LogP contribution in [0.5, 0.6) is 0 Å². The molecule has 0 spiro atoms. The molecule has 1 heterocycles. The van der Waals surface area contributed by atoms with Crippen molar-refractivity contribution in [2.75, 3.05) is 37.8 Å². The second-order valence-corrected chi connectivity index (χ2v) is 10.3. The molecule has 1 aromatic carbocycles. The van der Waals surface area contributed by atoms with E-state index in [0.717, 1.165) is 0 Å². The third kappa shape index (κ3) is 7.10. The first-order chi connectivity index (χ1) is 15.3. The van der Waals surface area contributed by atoms with Crippen molar-refractivity contribution in [1.82, 2.24) is 19.6 Å². The van der Waals surface area contributed by atoms with Crippen molar-refractivity contribution < 1.29 is 17.6 Å². The number of aryl methyl sites for hydroxylation is 1. The summed E-state index contributed by atoms with van der Waals surface area (Å²) in [7, 11) is -0.480. The number of hydrogen-bond acceptors (Lipinski definition) is 7. The van der Waals surface area contributed by atoms with Crippen molar-refractivity contribution in [2.24, 2.45) is 0 Å². The Morgan fingerprint density at radius 1 is 1.12 bits per heavy atom. The third-order valence-electron chi connectivity index (χ3n) is 4.91. The minimum Gasteiger partial charge on any atom is -0.367 e. The van der Waals surface area contributed by atoms with Crippen LogP contribution in [0.1, 0.15) is 56.4 Å². The van der Waals surface area contributed by atoms with Gasteiger partial charge in [-0.3, -0.25) is 4.98 Å². The molecule has 0 aliphatic rings. The Kier molecular flexibility index (Phi) is 8.73. The summed E-state index contributed by atoms with van der Waals surface area (Å²) in [5.74, 6) is -0.317. The van der Waals surface area contributed by atoms with E-state index < -0.39 is 21.9 Å². The van der Waals surface area contributed by atoms with E-state index in [1.54, 1.807) is 0 Å². The number of aromatic nitrogens is 2. The lowest BCUT2D eigenvalue weighted by Gasteiger charge is -2.21. The summed E-state index contributed by atoms with van der Waals surface area (Å²) < 4.78 is 41.9. The van der Waals surface area contributed by atoms with Gasteiger partial charge in [0.25, 0.3) is 10.0 Å². The van der Waals surface area contributed by atoms with Gasteiger partial charge < -0.3 is 15.5 Å². The Hall–Kier alpha value is -2.79. The van der Waals surface area contributed by atoms with Gasteiger partial charge in [-0.15, -0.1) is 0 Å². The number of hydrogen-bond donors (Lipinski definition) is 3. The summed E-state index contributed by atoms with van der Waals surface area (Å²) in [6, 6.07) is 1.73. The average Bonchev–Trinajstić information content (AvgIpc) is 2.69. The van der Waals surface area contributed by atoms with Crippen LogP contribution >= 0.6 is 0 Å². The fraction of sp³-hybridized carbons (Fsp3) is 0.500. The van der Waals surface area contributed by atoms with Gasteiger partial charge in [0.2, 0.25) is 0 Å². The molecule has 0 aliphatic carbocycles. The van der Waals surface area contributed by atoms with Crippen molar-refractivity contribution in [3.63, 3.8) is 0 Å². The molecule has 0 saturated carbocycles. The molecule has 0 atom stereocenters. The lowest BCUT2D eigenvalue weighted by atomic mass is 9.92. The first kappa shape index (κ1) is 26.5. The number of rotatable bonds is 9. The van der Waals surface area contributed by atoms with Gasteiger partial charge in [-0.05, 0) is 56.1 Å². The Bertz CT molecular complexity index is 1070. The number of amides is 2. The summed E-state index contributed by atoms with van der Waals surface area (Å²) >= 11 is 0. The number of sulfonamides is 1. The average molecular weight is 481 g/mol. The molecule has 2 amide bonds. The smallest absolute Gasteiger partial charge is 0.333 e. The van der Waals surface area contributed by atoms with Gasteiger partial charge in [0.05, 0.1) is 11.9 Å². The minimum atomic E-state index is -4.31. The van der Waals surface area contributed by atoms with Gasteiger partial charge >= 0.3 is 6.03 Å². The van der Waals surface area contributed by atoms with Crippen molar-refractivity contribution in [3.05, 3.63) is 41.0 Å². The number of carbonyl (C=O) groups is 1. The molecule has 0 radical (unpaired) electrons. The first-order valence-corrected chi connectivity index (χ1v) is 12.2. The maximum absolute atomic E-state index is 14.1. The molecule has 1 aromatic heterocycles. The molecule has 0 aliphatic heterocycles. The van der Waals surface area contributed by atoms with Gasteiger partial charge in [0.15, 0.2) is 5.03 Å². The Labute approximate surface area is 195 Å². The van der Waals surface area contributed by atoms with E-state index in [9.17, 15) is 17.6 Å². The zero-order chi connectivity index (χ0) is 24.9. The number of benzene rings is 1. The van der Waals surface area contributed by atoms with Gasteiger partial charge in [-0.2, -0.15) is 8.42 Å². The molecule has 2 aromatic rings. The van der Waals surface area contributed by atoms with E-state index in [4.69, 9.17) is 0 Å². The van der Waals surface area contributed by atoms with Gasteiger partial charge in [0, 0.05) is 18.8 Å². The first-order valence-electron chi connectivity index (χ1n) is 10.7. The monoisotopic (exact) mass is 480 g/mol. The maximum Gasteiger partial charge on any atom is 0.333 e. The van der Waals surface area contributed by atoms with Gasteiger partial charge in [0.1, 0.15) is 11.6 Å². The molecular formula is C22H33FN6O3S. The highest BCUT2D eigenvalue weighted by Gasteiger charge is 2.25. The van der Waals surface area contributed by atoms with E-state index in [2.05, 4.69) is 20.6 Å². The fourth-order valence-electron chi connectivity index (χ4n) is 3.19. The number of halogens is 1. The number of nitrogens with one attached hydrogen (secondary N) is 3. The van der Waals surface area contributed by atoms with Crippen molar-refractivity contribution in [1.29, 1.82) is 0 Å². The highest BCUT2D eigenvalue weighted by Crippen LogP contribution is 2.33. The van der Waals surface area contributed by atoms with Crippen LogP contribution in [0.3, 0.4) is 0 Å². The van der Waals surface area contributed by atoms with Crippen LogP contribution in [0.2, 0.25) is 0 Å². The summed E-state index contributed by atoms with van der Waals surface area (Å²) in [5.41, 5.74) is 1.71. The SMILES string of the molecule is Cc1ncc(NCCN(C)C)nc1S(=O)(=O)NC(=O)Nc1c(C(C)C)cc(F)cc1C(C)C. The van der Waals surface area contributed by atoms with Crippen molar-refractivity contribution >= 4 is 27.6 Å². The van der Waals surface area contributed by atoms with E-state index in [1.807, 2.05) is 51.4 Å². The van der Waals surface area contributed by atoms with E-state index >= 15 is 0 Å². The molecule has 11 heteroatoms. The molecule has 0 bridgehead atoms. The summed E-state index contributed by atoms with van der Waals surface area (Å²) in [6.45, 7) is 10.2. The lowest BCUT2D eigenvalue weighted by Crippen LogP contribution is -2.36. The number of likely N-dealkylation sites (N-methyl/N-ethyl adjacent to an activating group) is 1. The van der Waals surface area contributed by atoms with Crippen LogP contribution in [-0.2, 0) is 10.0 Å². The van der Waals surface area contributed by atoms with Gasteiger partial charge in [-0.25, -0.2) is 18.9 Å². The van der Waals surface area contributed by atoms with E-state index in [1.165, 1.54) is 25.3 Å². The molecule has 3 N–H and O–H groups in total. The van der Waals surface area contributed by atoms with Crippen LogP contribution in [0, 0.1) is 12.7 Å². The maximum atomic E-state index is 14.1. The number of anilines is 2. The van der Waals surface area contributed by atoms with Crippen LogP contribution < -0.4 is 15.4 Å². The topological polar surface area (TPSA) is 116 Å². The number of carbonyl (C=O) groups excluding carboxylic acids is 1. The zero-order valence-corrected chi connectivity index (χ0v) is 21.0. The summed E-state index contributed by atoms with van der Waals surface area (Å²) in [4.78, 5) is 22.9. The second kappa shape index (κ2) is 10.9. The molecule has 0 unspecified atom stereocenters. The molecule has 9 nitrogen and oxygen atoms in total. The van der Waals surface area contributed by atoms with Crippen LogP contribution in [0.15, 0.2) is 23.4 Å². The van der Waals surface area contributed by atoms with Gasteiger partial charge in [-0.1, -0.05) is 27.7 Å². The Morgan fingerprint density at radius 2 is 1.70 bits per heavy atom. The van der Waals surface area contributed by atoms with Crippen molar-refractivity contribution in [3.8, 4) is 0 Å². The standard InChI is InChI=1S/C22H33FN6O3S/c1-13(2)17-10-16(23)11-18(14(3)4)20(17)27-22(30)28-33(31,32)21-15(5)25-12-19(26-21)24-8-9-29(6)7/h10-14H,8-9H2,1-7H3,(H,24,26)(H2,27,28,30). The normalized spacial score (nSPS) is 11.8. The summed E-state index contributed by atoms with van der Waals surface area (Å²) in [5, 5.41) is 5.27. The zero-order valence-electron chi connectivity index (χ0n) is 20.2.